The van der Waals surface area contributed by atoms with Crippen molar-refractivity contribution >= 4 is 15.9 Å². The van der Waals surface area contributed by atoms with Crippen molar-refractivity contribution in [3.63, 3.8) is 0 Å². The molecule has 3 rings (SSSR count). The molecule has 0 heterocycles. The van der Waals surface area contributed by atoms with Gasteiger partial charge in [-0.05, 0) is 38.0 Å². The highest BCUT2D eigenvalue weighted by molar-refractivity contribution is 7.89. The molecule has 1 fully saturated rings. The number of likely N-dealkylation sites (N-methyl/N-ethyl adjacent to an activating group) is 1. The third-order valence-electron chi connectivity index (χ3n) is 4.69. The second-order valence-corrected chi connectivity index (χ2v) is 8.96. The van der Waals surface area contributed by atoms with E-state index in [2.05, 4.69) is 0 Å². The van der Waals surface area contributed by atoms with Crippen LogP contribution in [-0.4, -0.2) is 43.2 Å². The third kappa shape index (κ3) is 4.54. The van der Waals surface area contributed by atoms with Gasteiger partial charge in [0.1, 0.15) is 5.82 Å². The highest BCUT2D eigenvalue weighted by Gasteiger charge is 2.34. The fraction of sp³-hybridized carbons (Fsp3) is 0.350. The van der Waals surface area contributed by atoms with Crippen LogP contribution in [0.25, 0.3) is 0 Å². The molecule has 0 saturated heterocycles. The molecule has 0 aliphatic heterocycles. The van der Waals surface area contributed by atoms with Crippen LogP contribution in [0.4, 0.5) is 4.39 Å². The van der Waals surface area contributed by atoms with Crippen LogP contribution in [-0.2, 0) is 21.4 Å². The number of halogens is 1. The molecule has 0 aromatic heterocycles. The van der Waals surface area contributed by atoms with Gasteiger partial charge in [0.05, 0.1) is 11.4 Å². The molecule has 2 aromatic rings. The molecule has 1 aliphatic carbocycles. The Morgan fingerprint density at radius 1 is 1.11 bits per heavy atom. The molecule has 27 heavy (non-hydrogen) atoms. The van der Waals surface area contributed by atoms with E-state index in [0.717, 1.165) is 22.7 Å². The van der Waals surface area contributed by atoms with Gasteiger partial charge in [0, 0.05) is 25.2 Å². The van der Waals surface area contributed by atoms with Gasteiger partial charge in [0.2, 0.25) is 15.9 Å². The van der Waals surface area contributed by atoms with Crippen LogP contribution in [0.15, 0.2) is 53.4 Å². The largest absolute Gasteiger partial charge is 0.334 e. The topological polar surface area (TPSA) is 57.7 Å². The van der Waals surface area contributed by atoms with Gasteiger partial charge in [-0.3, -0.25) is 4.79 Å². The van der Waals surface area contributed by atoms with Crippen LogP contribution in [0.3, 0.4) is 0 Å². The van der Waals surface area contributed by atoms with Gasteiger partial charge in [0.15, 0.2) is 0 Å². The first-order valence-corrected chi connectivity index (χ1v) is 10.3. The van der Waals surface area contributed by atoms with Crippen molar-refractivity contribution in [2.24, 2.45) is 0 Å². The second-order valence-electron chi connectivity index (χ2n) is 6.92. The Labute approximate surface area is 159 Å². The molecular weight excluding hydrogens is 367 g/mol. The number of rotatable bonds is 7. The predicted octanol–water partition coefficient (Wildman–Crippen LogP) is 2.95. The molecule has 0 N–H and O–H groups in total. The third-order valence-corrected chi connectivity index (χ3v) is 6.51. The molecule has 0 spiro atoms. The van der Waals surface area contributed by atoms with E-state index >= 15 is 0 Å². The summed E-state index contributed by atoms with van der Waals surface area (Å²) >= 11 is 0. The van der Waals surface area contributed by atoms with Crippen LogP contribution in [0.5, 0.6) is 0 Å². The minimum absolute atomic E-state index is 0.0487. The smallest absolute Gasteiger partial charge is 0.243 e. The Bertz CT molecular complexity index is 924. The molecule has 0 atom stereocenters. The zero-order valence-electron chi connectivity index (χ0n) is 15.4. The highest BCUT2D eigenvalue weighted by atomic mass is 32.2. The Morgan fingerprint density at radius 2 is 1.74 bits per heavy atom. The van der Waals surface area contributed by atoms with Gasteiger partial charge in [0.25, 0.3) is 0 Å². The van der Waals surface area contributed by atoms with Crippen molar-refractivity contribution in [1.82, 2.24) is 9.21 Å². The molecular formula is C20H23FN2O3S. The Hall–Kier alpha value is -2.25. The molecule has 5 nitrogen and oxygen atoms in total. The van der Waals surface area contributed by atoms with Gasteiger partial charge in [-0.2, -0.15) is 4.31 Å². The van der Waals surface area contributed by atoms with E-state index in [1.54, 1.807) is 35.2 Å². The fourth-order valence-electron chi connectivity index (χ4n) is 2.87. The number of amides is 1. The van der Waals surface area contributed by atoms with E-state index in [-0.39, 0.29) is 35.8 Å². The molecule has 0 radical (unpaired) electrons. The summed E-state index contributed by atoms with van der Waals surface area (Å²) in [6.07, 6.45) is 1.71. The molecule has 0 bridgehead atoms. The van der Waals surface area contributed by atoms with Crippen LogP contribution in [0.1, 0.15) is 24.0 Å². The average molecular weight is 390 g/mol. The maximum absolute atomic E-state index is 14.0. The van der Waals surface area contributed by atoms with E-state index < -0.39 is 10.0 Å². The Balaban J connectivity index is 1.73. The van der Waals surface area contributed by atoms with Gasteiger partial charge in [-0.15, -0.1) is 0 Å². The standard InChI is InChI=1S/C20H23FN2O3S/c1-15-7-11-18(12-8-15)27(25,26)22(2)14-20(24)23(17-9-10-17)13-16-5-3-4-6-19(16)21/h3-8,11-12,17H,9-10,13-14H2,1-2H3. The lowest BCUT2D eigenvalue weighted by Crippen LogP contribution is -2.42. The number of sulfonamides is 1. The molecule has 0 unspecified atom stereocenters. The summed E-state index contributed by atoms with van der Waals surface area (Å²) in [6.45, 7) is 1.75. The minimum Gasteiger partial charge on any atom is -0.334 e. The van der Waals surface area contributed by atoms with E-state index in [4.69, 9.17) is 0 Å². The van der Waals surface area contributed by atoms with Crippen molar-refractivity contribution < 1.29 is 17.6 Å². The van der Waals surface area contributed by atoms with Crippen LogP contribution in [0, 0.1) is 12.7 Å². The molecule has 1 aliphatic rings. The summed E-state index contributed by atoms with van der Waals surface area (Å²) in [6, 6.07) is 12.9. The van der Waals surface area contributed by atoms with E-state index in [0.29, 0.717) is 5.56 Å². The SMILES string of the molecule is Cc1ccc(S(=O)(=O)N(C)CC(=O)N(Cc2ccccc2F)C2CC2)cc1. The van der Waals surface area contributed by atoms with Gasteiger partial charge < -0.3 is 4.90 Å². The lowest BCUT2D eigenvalue weighted by Gasteiger charge is -2.25. The first-order valence-electron chi connectivity index (χ1n) is 8.85. The first-order chi connectivity index (χ1) is 12.8. The summed E-state index contributed by atoms with van der Waals surface area (Å²) in [5.74, 6) is -0.685. The summed E-state index contributed by atoms with van der Waals surface area (Å²) in [4.78, 5) is 14.5. The van der Waals surface area contributed by atoms with Crippen molar-refractivity contribution in [3.8, 4) is 0 Å². The monoisotopic (exact) mass is 390 g/mol. The number of benzene rings is 2. The van der Waals surface area contributed by atoms with Gasteiger partial charge >= 0.3 is 0 Å². The maximum Gasteiger partial charge on any atom is 0.243 e. The number of hydrogen-bond donors (Lipinski definition) is 0. The number of aryl methyl sites for hydroxylation is 1. The Kier molecular flexibility index (Phi) is 5.62. The lowest BCUT2D eigenvalue weighted by molar-refractivity contribution is -0.132. The highest BCUT2D eigenvalue weighted by Crippen LogP contribution is 2.29. The van der Waals surface area contributed by atoms with Crippen molar-refractivity contribution in [2.45, 2.75) is 37.2 Å². The van der Waals surface area contributed by atoms with Crippen LogP contribution >= 0.6 is 0 Å². The normalized spacial score (nSPS) is 14.4. The predicted molar refractivity (Wildman–Crippen MR) is 101 cm³/mol. The lowest BCUT2D eigenvalue weighted by atomic mass is 10.2. The molecule has 2 aromatic carbocycles. The van der Waals surface area contributed by atoms with Crippen molar-refractivity contribution in [2.75, 3.05) is 13.6 Å². The van der Waals surface area contributed by atoms with Gasteiger partial charge in [-0.25, -0.2) is 12.8 Å². The van der Waals surface area contributed by atoms with E-state index in [1.807, 2.05) is 6.92 Å². The van der Waals surface area contributed by atoms with Gasteiger partial charge in [-0.1, -0.05) is 35.9 Å². The summed E-state index contributed by atoms with van der Waals surface area (Å²) < 4.78 is 40.4. The zero-order valence-corrected chi connectivity index (χ0v) is 16.2. The first kappa shape index (κ1) is 19.5. The summed E-state index contributed by atoms with van der Waals surface area (Å²) in [5, 5.41) is 0. The van der Waals surface area contributed by atoms with E-state index in [1.165, 1.54) is 25.2 Å². The average Bonchev–Trinajstić information content (AvgIpc) is 3.46. The van der Waals surface area contributed by atoms with Crippen LogP contribution in [0.2, 0.25) is 0 Å². The van der Waals surface area contributed by atoms with Crippen molar-refractivity contribution in [3.05, 3.63) is 65.5 Å². The number of nitrogens with zero attached hydrogens (tertiary/aromatic N) is 2. The fourth-order valence-corrected chi connectivity index (χ4v) is 3.99. The summed E-state index contributed by atoms with van der Waals surface area (Å²) in [7, 11) is -2.37. The molecule has 7 heteroatoms. The molecule has 144 valence electrons. The zero-order chi connectivity index (χ0) is 19.6. The quantitative estimate of drug-likeness (QED) is 0.730. The van der Waals surface area contributed by atoms with Crippen LogP contribution < -0.4 is 0 Å². The Morgan fingerprint density at radius 3 is 2.33 bits per heavy atom. The summed E-state index contributed by atoms with van der Waals surface area (Å²) in [5.41, 5.74) is 1.39. The number of carbonyl (C=O) groups is 1. The molecule has 1 saturated carbocycles. The van der Waals surface area contributed by atoms with Crippen molar-refractivity contribution in [1.29, 1.82) is 0 Å². The number of hydrogen-bond acceptors (Lipinski definition) is 3. The van der Waals surface area contributed by atoms with E-state index in [9.17, 15) is 17.6 Å². The second kappa shape index (κ2) is 7.78. The maximum atomic E-state index is 14.0. The number of carbonyl (C=O) groups excluding carboxylic acids is 1. The minimum atomic E-state index is -3.76. The molecule has 1 amide bonds.